The normalized spacial score (nSPS) is 14.8. The second-order valence-corrected chi connectivity index (χ2v) is 12.9. The molecule has 3 N–H and O–H groups in total. The molecule has 0 amide bonds. The van der Waals surface area contributed by atoms with Crippen molar-refractivity contribution in [3.05, 3.63) is 83.4 Å². The summed E-state index contributed by atoms with van der Waals surface area (Å²) in [7, 11) is -0.446. The Morgan fingerprint density at radius 1 is 0.870 bits per heavy atom. The molecule has 5 aromatic rings. The van der Waals surface area contributed by atoms with Crippen LogP contribution in [0.3, 0.4) is 0 Å². The van der Waals surface area contributed by atoms with Gasteiger partial charge in [0.2, 0.25) is 0 Å². The number of aromatic nitrogens is 2. The Hall–Kier alpha value is -3.58. The number of benzene rings is 4. The van der Waals surface area contributed by atoms with Gasteiger partial charge in [-0.05, 0) is 46.6 Å². The molecule has 6 rings (SSSR count). The van der Waals surface area contributed by atoms with Crippen molar-refractivity contribution in [2.24, 2.45) is 5.92 Å². The maximum absolute atomic E-state index is 10.2. The fourth-order valence-electron chi connectivity index (χ4n) is 7.15. The third-order valence-electron chi connectivity index (χ3n) is 9.52. The first kappa shape index (κ1) is 32.4. The van der Waals surface area contributed by atoms with Gasteiger partial charge >= 0.3 is 14.6 Å². The van der Waals surface area contributed by atoms with Gasteiger partial charge in [-0.1, -0.05) is 125 Å². The van der Waals surface area contributed by atoms with Crippen molar-refractivity contribution in [2.75, 3.05) is 6.61 Å². The summed E-state index contributed by atoms with van der Waals surface area (Å²) in [5.74, 6) is 2.09. The second-order valence-electron chi connectivity index (χ2n) is 12.9. The van der Waals surface area contributed by atoms with Crippen molar-refractivity contribution in [3.63, 3.8) is 0 Å². The van der Waals surface area contributed by atoms with E-state index in [1.165, 1.54) is 24.0 Å². The van der Waals surface area contributed by atoms with Crippen LogP contribution in [0.25, 0.3) is 38.2 Å². The minimum atomic E-state index is -1.58. The van der Waals surface area contributed by atoms with Crippen LogP contribution in [0.1, 0.15) is 89.1 Å². The summed E-state index contributed by atoms with van der Waals surface area (Å²) in [6.45, 7) is 8.17. The molecule has 6 nitrogen and oxygen atoms in total. The Morgan fingerprint density at radius 3 is 2.37 bits per heavy atom. The van der Waals surface area contributed by atoms with Gasteiger partial charge < -0.3 is 24.4 Å². The van der Waals surface area contributed by atoms with Crippen LogP contribution in [0.4, 0.5) is 0 Å². The van der Waals surface area contributed by atoms with Crippen molar-refractivity contribution in [2.45, 2.75) is 85.1 Å². The third kappa shape index (κ3) is 6.23. The van der Waals surface area contributed by atoms with Gasteiger partial charge in [0, 0.05) is 23.2 Å². The number of rotatable bonds is 14. The highest BCUT2D eigenvalue weighted by Gasteiger charge is 2.31. The quantitative estimate of drug-likeness (QED) is 0.0766. The molecule has 0 saturated heterocycles. The third-order valence-corrected chi connectivity index (χ3v) is 9.52. The zero-order valence-corrected chi connectivity index (χ0v) is 27.4. The Kier molecular flexibility index (Phi) is 10.2. The predicted octanol–water partition coefficient (Wildman–Crippen LogP) is 6.39. The average Bonchev–Trinajstić information content (AvgIpc) is 3.45. The summed E-state index contributed by atoms with van der Waals surface area (Å²) in [5, 5.41) is 34.3. The van der Waals surface area contributed by atoms with Crippen LogP contribution in [0.5, 0.6) is 0 Å². The molecule has 1 unspecified atom stereocenters. The number of aryl methyl sites for hydroxylation is 1. The molecule has 0 bridgehead atoms. The lowest BCUT2D eigenvalue weighted by Crippen LogP contribution is -2.29. The van der Waals surface area contributed by atoms with Gasteiger partial charge in [0.1, 0.15) is 11.6 Å². The molecular formula is C38H45B2N2O4. The van der Waals surface area contributed by atoms with E-state index < -0.39 is 7.12 Å². The monoisotopic (exact) mass is 615 g/mol. The fourth-order valence-corrected chi connectivity index (χ4v) is 7.15. The number of imidazole rings is 1. The molecule has 1 aliphatic rings. The highest BCUT2D eigenvalue weighted by molar-refractivity contribution is 6.59. The number of nitrogens with zero attached hydrogens (tertiary/aromatic N) is 2. The SMILES string of the molecule is CCCCCCOC1=C(c2nc3c4cc([B]O)ccc4c4ccc(B(O)O)cc4c3n2CCCCCC)c2ccccc2CC1C. The van der Waals surface area contributed by atoms with Crippen LogP contribution in [0, 0.1) is 5.92 Å². The van der Waals surface area contributed by atoms with Crippen molar-refractivity contribution in [3.8, 4) is 0 Å². The van der Waals surface area contributed by atoms with Crippen LogP contribution >= 0.6 is 0 Å². The van der Waals surface area contributed by atoms with Crippen LogP contribution in [-0.2, 0) is 17.7 Å². The van der Waals surface area contributed by atoms with E-state index in [2.05, 4.69) is 49.6 Å². The van der Waals surface area contributed by atoms with Crippen molar-refractivity contribution in [1.29, 1.82) is 0 Å². The van der Waals surface area contributed by atoms with E-state index in [4.69, 9.17) is 9.72 Å². The number of fused-ring (bicyclic) bond motifs is 7. The molecule has 4 aromatic carbocycles. The highest BCUT2D eigenvalue weighted by Crippen LogP contribution is 2.42. The minimum Gasteiger partial charge on any atom is -0.497 e. The van der Waals surface area contributed by atoms with Gasteiger partial charge in [0.15, 0.2) is 0 Å². The lowest BCUT2D eigenvalue weighted by molar-refractivity contribution is 0.175. The highest BCUT2D eigenvalue weighted by atomic mass is 16.5. The minimum absolute atomic E-state index is 0.199. The Balaban J connectivity index is 1.68. The Morgan fingerprint density at radius 2 is 1.61 bits per heavy atom. The summed E-state index contributed by atoms with van der Waals surface area (Å²) in [6.07, 6.45) is 9.90. The lowest BCUT2D eigenvalue weighted by Gasteiger charge is -2.28. The molecule has 237 valence electrons. The largest absolute Gasteiger partial charge is 0.497 e. The van der Waals surface area contributed by atoms with E-state index in [-0.39, 0.29) is 5.92 Å². The summed E-state index contributed by atoms with van der Waals surface area (Å²) in [5.41, 5.74) is 6.48. The second kappa shape index (κ2) is 14.5. The number of allylic oxidation sites excluding steroid dienone is 1. The van der Waals surface area contributed by atoms with Crippen LogP contribution < -0.4 is 10.9 Å². The first-order valence-corrected chi connectivity index (χ1v) is 17.2. The fraction of sp³-hybridized carbons (Fsp3) is 0.395. The standard InChI is InChI=1S/C38H45B2N2O4/c1-4-6-8-12-20-42-36-33-24-28(40(44)45)17-19-31(33)30-18-16-27(39-43)23-32(30)35(36)41-38(42)34-29-15-11-10-14-26(29)22-25(3)37(34)46-21-13-9-7-5-2/h10-11,14-19,23-25,43-45H,4-9,12-13,20-22H2,1-3H3. The van der Waals surface area contributed by atoms with Gasteiger partial charge in [-0.15, -0.1) is 0 Å². The van der Waals surface area contributed by atoms with E-state index in [1.54, 1.807) is 6.07 Å². The smallest absolute Gasteiger partial charge is 0.488 e. The van der Waals surface area contributed by atoms with Gasteiger partial charge in [-0.25, -0.2) is 4.98 Å². The van der Waals surface area contributed by atoms with Crippen molar-refractivity contribution in [1.82, 2.24) is 9.55 Å². The molecule has 8 heteroatoms. The molecule has 0 spiro atoms. The van der Waals surface area contributed by atoms with Crippen molar-refractivity contribution >= 4 is 63.7 Å². The van der Waals surface area contributed by atoms with Gasteiger partial charge in [0.25, 0.3) is 0 Å². The predicted molar refractivity (Wildman–Crippen MR) is 192 cm³/mol. The average molecular weight is 615 g/mol. The number of hydrogen-bond acceptors (Lipinski definition) is 5. The summed E-state index contributed by atoms with van der Waals surface area (Å²) >= 11 is 0. The van der Waals surface area contributed by atoms with Gasteiger partial charge in [-0.3, -0.25) is 0 Å². The number of hydrogen-bond donors (Lipinski definition) is 3. The van der Waals surface area contributed by atoms with Gasteiger partial charge in [0.05, 0.1) is 23.2 Å². The Bertz CT molecular complexity index is 1880. The maximum Gasteiger partial charge on any atom is 0.488 e. The van der Waals surface area contributed by atoms with Crippen LogP contribution in [-0.4, -0.2) is 45.8 Å². The summed E-state index contributed by atoms with van der Waals surface area (Å²) in [4.78, 5) is 5.51. The molecule has 1 aromatic heterocycles. The topological polar surface area (TPSA) is 87.7 Å². The number of unbranched alkanes of at least 4 members (excludes halogenated alkanes) is 6. The molecule has 1 atom stereocenters. The molecular weight excluding hydrogens is 570 g/mol. The molecule has 1 aliphatic carbocycles. The summed E-state index contributed by atoms with van der Waals surface area (Å²) in [6, 6.07) is 20.2. The number of ether oxygens (including phenoxy) is 1. The van der Waals surface area contributed by atoms with E-state index in [0.29, 0.717) is 17.5 Å². The Labute approximate surface area is 273 Å². The van der Waals surface area contributed by atoms with E-state index in [0.717, 1.165) is 109 Å². The zero-order valence-electron chi connectivity index (χ0n) is 27.4. The van der Waals surface area contributed by atoms with E-state index >= 15 is 0 Å². The zero-order chi connectivity index (χ0) is 32.2. The molecule has 0 fully saturated rings. The van der Waals surface area contributed by atoms with Crippen molar-refractivity contribution < 1.29 is 19.8 Å². The van der Waals surface area contributed by atoms with E-state index in [1.807, 2.05) is 30.3 Å². The lowest BCUT2D eigenvalue weighted by atomic mass is 9.78. The summed E-state index contributed by atoms with van der Waals surface area (Å²) < 4.78 is 9.11. The van der Waals surface area contributed by atoms with Gasteiger partial charge in [-0.2, -0.15) is 0 Å². The molecule has 1 heterocycles. The first-order valence-electron chi connectivity index (χ1n) is 17.2. The van der Waals surface area contributed by atoms with E-state index in [9.17, 15) is 15.1 Å². The van der Waals surface area contributed by atoms with Crippen LogP contribution in [0.2, 0.25) is 0 Å². The molecule has 0 saturated carbocycles. The van der Waals surface area contributed by atoms with Crippen LogP contribution in [0.15, 0.2) is 66.4 Å². The molecule has 1 radical (unpaired) electrons. The first-order chi connectivity index (χ1) is 22.5. The molecule has 0 aliphatic heterocycles. The maximum atomic E-state index is 10.2. The molecule has 46 heavy (non-hydrogen) atoms.